The van der Waals surface area contributed by atoms with Gasteiger partial charge in [0.15, 0.2) is 0 Å². The van der Waals surface area contributed by atoms with Gasteiger partial charge in [-0.3, -0.25) is 0 Å². The van der Waals surface area contributed by atoms with Gasteiger partial charge in [0.05, 0.1) is 6.33 Å². The second-order valence-corrected chi connectivity index (χ2v) is 4.32. The molecule has 2 rings (SSSR count). The third-order valence-electron chi connectivity index (χ3n) is 2.74. The monoisotopic (exact) mass is 285 g/mol. The molecule has 2 aromatic rings. The van der Waals surface area contributed by atoms with E-state index >= 15 is 0 Å². The zero-order chi connectivity index (χ0) is 14.6. The lowest BCUT2D eigenvalue weighted by atomic mass is 10.4. The van der Waals surface area contributed by atoms with E-state index in [0.717, 1.165) is 25.2 Å². The highest BCUT2D eigenvalue weighted by atomic mass is 19.4. The summed E-state index contributed by atoms with van der Waals surface area (Å²) >= 11 is 0. The van der Waals surface area contributed by atoms with E-state index < -0.39 is 11.9 Å². The second-order valence-electron chi connectivity index (χ2n) is 4.32. The Hall–Kier alpha value is -2.12. The third kappa shape index (κ3) is 3.69. The van der Waals surface area contributed by atoms with E-state index in [1.54, 1.807) is 24.5 Å². The van der Waals surface area contributed by atoms with Crippen LogP contribution in [-0.4, -0.2) is 33.1 Å². The van der Waals surface area contributed by atoms with Crippen molar-refractivity contribution in [3.8, 4) is 0 Å². The molecule has 5 nitrogen and oxygen atoms in total. The summed E-state index contributed by atoms with van der Waals surface area (Å²) in [5, 5.41) is 0. The summed E-state index contributed by atoms with van der Waals surface area (Å²) in [6.07, 6.45) is 2.64. The van der Waals surface area contributed by atoms with Gasteiger partial charge in [-0.1, -0.05) is 0 Å². The summed E-state index contributed by atoms with van der Waals surface area (Å²) in [5.41, 5.74) is -0.927. The lowest BCUT2D eigenvalue weighted by Crippen LogP contribution is -2.23. The SMILES string of the molecule is CN(CCCn1ccnc1)c1nccc(C(F)(F)F)n1. The van der Waals surface area contributed by atoms with Gasteiger partial charge in [-0.25, -0.2) is 15.0 Å². The van der Waals surface area contributed by atoms with E-state index in [-0.39, 0.29) is 5.95 Å². The van der Waals surface area contributed by atoms with Crippen molar-refractivity contribution >= 4 is 5.95 Å². The molecule has 8 heteroatoms. The number of hydrogen-bond donors (Lipinski definition) is 0. The molecule has 0 amide bonds. The van der Waals surface area contributed by atoms with Crippen molar-refractivity contribution in [2.45, 2.75) is 19.1 Å². The lowest BCUT2D eigenvalue weighted by molar-refractivity contribution is -0.141. The van der Waals surface area contributed by atoms with E-state index in [9.17, 15) is 13.2 Å². The Morgan fingerprint density at radius 1 is 1.30 bits per heavy atom. The molecule has 0 unspecified atom stereocenters. The third-order valence-corrected chi connectivity index (χ3v) is 2.74. The molecule has 0 aromatic carbocycles. The topological polar surface area (TPSA) is 46.8 Å². The highest BCUT2D eigenvalue weighted by Crippen LogP contribution is 2.27. The zero-order valence-electron chi connectivity index (χ0n) is 10.9. The molecule has 2 aromatic heterocycles. The maximum atomic E-state index is 12.6. The fourth-order valence-corrected chi connectivity index (χ4v) is 1.70. The lowest BCUT2D eigenvalue weighted by Gasteiger charge is -2.17. The van der Waals surface area contributed by atoms with Crippen molar-refractivity contribution in [2.75, 3.05) is 18.5 Å². The van der Waals surface area contributed by atoms with Crippen LogP contribution in [0.25, 0.3) is 0 Å². The molecule has 0 radical (unpaired) electrons. The van der Waals surface area contributed by atoms with E-state index in [4.69, 9.17) is 0 Å². The van der Waals surface area contributed by atoms with Crippen molar-refractivity contribution in [2.24, 2.45) is 0 Å². The Morgan fingerprint density at radius 3 is 2.75 bits per heavy atom. The van der Waals surface area contributed by atoms with Crippen LogP contribution in [0.1, 0.15) is 12.1 Å². The Kier molecular flexibility index (Phi) is 4.21. The molecule has 0 fully saturated rings. The Balaban J connectivity index is 1.93. The van der Waals surface area contributed by atoms with Gasteiger partial charge < -0.3 is 9.47 Å². The van der Waals surface area contributed by atoms with Gasteiger partial charge in [0.1, 0.15) is 5.69 Å². The second kappa shape index (κ2) is 5.89. The van der Waals surface area contributed by atoms with Crippen molar-refractivity contribution in [3.63, 3.8) is 0 Å². The summed E-state index contributed by atoms with van der Waals surface area (Å²) in [6, 6.07) is 0.864. The van der Waals surface area contributed by atoms with Crippen LogP contribution < -0.4 is 4.90 Å². The molecule has 0 spiro atoms. The Labute approximate surface area is 114 Å². The first kappa shape index (κ1) is 14.3. The van der Waals surface area contributed by atoms with Gasteiger partial charge >= 0.3 is 6.18 Å². The number of nitrogens with zero attached hydrogens (tertiary/aromatic N) is 5. The number of rotatable bonds is 5. The average molecular weight is 285 g/mol. The summed E-state index contributed by atoms with van der Waals surface area (Å²) < 4.78 is 39.6. The first-order valence-corrected chi connectivity index (χ1v) is 6.04. The molecule has 0 aliphatic rings. The van der Waals surface area contributed by atoms with Crippen LogP contribution >= 0.6 is 0 Å². The fraction of sp³-hybridized carbons (Fsp3) is 0.417. The maximum Gasteiger partial charge on any atom is 0.433 e. The Morgan fingerprint density at radius 2 is 2.10 bits per heavy atom. The fourth-order valence-electron chi connectivity index (χ4n) is 1.70. The van der Waals surface area contributed by atoms with Crippen LogP contribution in [0.2, 0.25) is 0 Å². The Bertz CT molecular complexity index is 538. The van der Waals surface area contributed by atoms with Crippen molar-refractivity contribution < 1.29 is 13.2 Å². The molecule has 0 aliphatic carbocycles. The van der Waals surface area contributed by atoms with E-state index in [1.165, 1.54) is 0 Å². The predicted molar refractivity (Wildman–Crippen MR) is 67.1 cm³/mol. The van der Waals surface area contributed by atoms with Crippen LogP contribution in [-0.2, 0) is 12.7 Å². The quantitative estimate of drug-likeness (QED) is 0.845. The molecular weight excluding hydrogens is 271 g/mol. The first-order chi connectivity index (χ1) is 9.47. The minimum atomic E-state index is -4.45. The molecule has 108 valence electrons. The number of anilines is 1. The number of alkyl halides is 3. The van der Waals surface area contributed by atoms with Gasteiger partial charge in [-0.2, -0.15) is 13.2 Å². The smallest absolute Gasteiger partial charge is 0.344 e. The summed E-state index contributed by atoms with van der Waals surface area (Å²) in [6.45, 7) is 1.29. The molecule has 0 N–H and O–H groups in total. The summed E-state index contributed by atoms with van der Waals surface area (Å²) in [5.74, 6) is 0.0745. The molecular formula is C12H14F3N5. The van der Waals surface area contributed by atoms with Gasteiger partial charge in [0.2, 0.25) is 5.95 Å². The van der Waals surface area contributed by atoms with Gasteiger partial charge in [0, 0.05) is 38.7 Å². The first-order valence-electron chi connectivity index (χ1n) is 6.04. The normalized spacial score (nSPS) is 11.6. The van der Waals surface area contributed by atoms with Gasteiger partial charge in [-0.15, -0.1) is 0 Å². The largest absolute Gasteiger partial charge is 0.433 e. The number of imidazole rings is 1. The summed E-state index contributed by atoms with van der Waals surface area (Å²) in [7, 11) is 1.67. The van der Waals surface area contributed by atoms with Gasteiger partial charge in [-0.05, 0) is 12.5 Å². The molecule has 2 heterocycles. The van der Waals surface area contributed by atoms with Crippen molar-refractivity contribution in [3.05, 3.63) is 36.7 Å². The molecule has 0 aliphatic heterocycles. The van der Waals surface area contributed by atoms with E-state index in [1.807, 2.05) is 10.8 Å². The van der Waals surface area contributed by atoms with E-state index in [0.29, 0.717) is 6.54 Å². The minimum absolute atomic E-state index is 0.0745. The minimum Gasteiger partial charge on any atom is -0.344 e. The van der Waals surface area contributed by atoms with E-state index in [2.05, 4.69) is 15.0 Å². The van der Waals surface area contributed by atoms with Crippen LogP contribution in [0.5, 0.6) is 0 Å². The number of hydrogen-bond acceptors (Lipinski definition) is 4. The summed E-state index contributed by atoms with van der Waals surface area (Å²) in [4.78, 5) is 12.9. The highest BCUT2D eigenvalue weighted by Gasteiger charge is 2.33. The maximum absolute atomic E-state index is 12.6. The molecule has 20 heavy (non-hydrogen) atoms. The molecule has 0 saturated carbocycles. The highest BCUT2D eigenvalue weighted by molar-refractivity contribution is 5.29. The standard InChI is InChI=1S/C12H14F3N5/c1-19(6-2-7-20-8-5-16-9-20)11-17-4-3-10(18-11)12(13,14)15/h3-5,8-9H,2,6-7H2,1H3. The zero-order valence-corrected chi connectivity index (χ0v) is 10.9. The number of aryl methyl sites for hydroxylation is 1. The predicted octanol–water partition coefficient (Wildman–Crippen LogP) is 2.22. The van der Waals surface area contributed by atoms with Crippen LogP contribution in [0.15, 0.2) is 31.0 Å². The van der Waals surface area contributed by atoms with Crippen LogP contribution in [0.4, 0.5) is 19.1 Å². The molecule has 0 saturated heterocycles. The van der Waals surface area contributed by atoms with Crippen LogP contribution in [0, 0.1) is 0 Å². The van der Waals surface area contributed by atoms with Crippen LogP contribution in [0.3, 0.4) is 0 Å². The molecule has 0 atom stereocenters. The van der Waals surface area contributed by atoms with Gasteiger partial charge in [0.25, 0.3) is 0 Å². The average Bonchev–Trinajstić information content (AvgIpc) is 2.91. The number of halogens is 3. The molecule has 0 bridgehead atoms. The van der Waals surface area contributed by atoms with Crippen molar-refractivity contribution in [1.82, 2.24) is 19.5 Å². The number of aromatic nitrogens is 4. The van der Waals surface area contributed by atoms with Crippen molar-refractivity contribution in [1.29, 1.82) is 0 Å².